The van der Waals surface area contributed by atoms with E-state index in [2.05, 4.69) is 34.1 Å². The van der Waals surface area contributed by atoms with Crippen LogP contribution in [0.5, 0.6) is 34.5 Å². The summed E-state index contributed by atoms with van der Waals surface area (Å²) in [5.41, 5.74) is 4.45. The number of amides is 1. The summed E-state index contributed by atoms with van der Waals surface area (Å²) in [6.45, 7) is 2.15. The van der Waals surface area contributed by atoms with Crippen LogP contribution >= 0.6 is 0 Å². The van der Waals surface area contributed by atoms with Crippen molar-refractivity contribution in [2.45, 2.75) is 63.7 Å². The molecule has 1 fully saturated rings. The number of methoxy groups -OCH3 is 6. The molecule has 0 radical (unpaired) electrons. The highest BCUT2D eigenvalue weighted by Gasteiger charge is 2.34. The summed E-state index contributed by atoms with van der Waals surface area (Å²) in [6, 6.07) is 16.7. The second-order valence-corrected chi connectivity index (χ2v) is 11.7. The molecule has 45 heavy (non-hydrogen) atoms. The van der Waals surface area contributed by atoms with Gasteiger partial charge in [0.05, 0.1) is 49.1 Å². The lowest BCUT2D eigenvalue weighted by Crippen LogP contribution is -2.48. The average molecular weight is 619 g/mol. The van der Waals surface area contributed by atoms with Crippen LogP contribution in [0.1, 0.15) is 47.9 Å². The van der Waals surface area contributed by atoms with Gasteiger partial charge in [-0.1, -0.05) is 12.1 Å². The van der Waals surface area contributed by atoms with Crippen molar-refractivity contribution >= 4 is 5.91 Å². The van der Waals surface area contributed by atoms with Crippen molar-refractivity contribution in [1.29, 1.82) is 0 Å². The minimum absolute atomic E-state index is 0.174. The molecule has 2 atom stereocenters. The molecule has 0 saturated heterocycles. The fourth-order valence-electron chi connectivity index (χ4n) is 6.87. The number of hydrogen-bond donors (Lipinski definition) is 0. The predicted molar refractivity (Wildman–Crippen MR) is 173 cm³/mol. The number of nitrogens with zero attached hydrogens (tertiary/aromatic N) is 2. The van der Waals surface area contributed by atoms with Crippen LogP contribution < -0.4 is 28.4 Å². The maximum atomic E-state index is 13.7. The summed E-state index contributed by atoms with van der Waals surface area (Å²) < 4.78 is 33.3. The van der Waals surface area contributed by atoms with E-state index >= 15 is 0 Å². The number of benzene rings is 3. The molecule has 1 amide bonds. The van der Waals surface area contributed by atoms with Crippen LogP contribution in [0.25, 0.3) is 0 Å². The SMILES string of the molecule is COc1ccc(CN(Cc2ccc(OC)c(OC)c2)[C@@H]2CCC[C@H](N3CCc4cc(OC)c(OC)cc4CC3=O)C2)cc1OC. The lowest BCUT2D eigenvalue weighted by atomic mass is 9.88. The van der Waals surface area contributed by atoms with E-state index in [1.165, 1.54) is 0 Å². The Morgan fingerprint density at radius 1 is 0.667 bits per heavy atom. The Kier molecular flexibility index (Phi) is 10.6. The molecular formula is C36H46N2O7. The molecule has 1 saturated carbocycles. The van der Waals surface area contributed by atoms with Crippen molar-refractivity contribution in [3.05, 3.63) is 70.8 Å². The Hall–Kier alpha value is -4.11. The topological polar surface area (TPSA) is 78.9 Å². The molecule has 0 unspecified atom stereocenters. The predicted octanol–water partition coefficient (Wildman–Crippen LogP) is 5.68. The van der Waals surface area contributed by atoms with E-state index in [1.54, 1.807) is 42.7 Å². The maximum Gasteiger partial charge on any atom is 0.227 e. The van der Waals surface area contributed by atoms with Gasteiger partial charge in [0.25, 0.3) is 0 Å². The van der Waals surface area contributed by atoms with Crippen LogP contribution in [-0.4, -0.2) is 77.0 Å². The molecule has 2 aliphatic rings. The van der Waals surface area contributed by atoms with Crippen LogP contribution in [0.2, 0.25) is 0 Å². The van der Waals surface area contributed by atoms with E-state index in [-0.39, 0.29) is 18.0 Å². The first-order chi connectivity index (χ1) is 21.9. The Bertz CT molecular complexity index is 1420. The van der Waals surface area contributed by atoms with Crippen LogP contribution in [0.15, 0.2) is 48.5 Å². The number of carbonyl (C=O) groups is 1. The summed E-state index contributed by atoms with van der Waals surface area (Å²) in [6.07, 6.45) is 5.21. The number of rotatable bonds is 12. The summed E-state index contributed by atoms with van der Waals surface area (Å²) >= 11 is 0. The largest absolute Gasteiger partial charge is 0.493 e. The van der Waals surface area contributed by atoms with Gasteiger partial charge < -0.3 is 33.3 Å². The van der Waals surface area contributed by atoms with Crippen molar-refractivity contribution in [3.8, 4) is 34.5 Å². The molecule has 0 aromatic heterocycles. The van der Waals surface area contributed by atoms with E-state index in [0.29, 0.717) is 47.5 Å². The normalized spacial score (nSPS) is 18.2. The molecular weight excluding hydrogens is 572 g/mol. The van der Waals surface area contributed by atoms with Gasteiger partial charge in [-0.3, -0.25) is 9.69 Å². The molecule has 1 aliphatic carbocycles. The highest BCUT2D eigenvalue weighted by atomic mass is 16.5. The first-order valence-electron chi connectivity index (χ1n) is 15.6. The van der Waals surface area contributed by atoms with Gasteiger partial charge in [0.2, 0.25) is 5.91 Å². The minimum Gasteiger partial charge on any atom is -0.493 e. The zero-order chi connectivity index (χ0) is 31.9. The van der Waals surface area contributed by atoms with Crippen molar-refractivity contribution in [2.24, 2.45) is 0 Å². The van der Waals surface area contributed by atoms with Gasteiger partial charge in [-0.2, -0.15) is 0 Å². The van der Waals surface area contributed by atoms with Crippen molar-refractivity contribution in [3.63, 3.8) is 0 Å². The first kappa shape index (κ1) is 32.3. The lowest BCUT2D eigenvalue weighted by Gasteiger charge is -2.42. The Morgan fingerprint density at radius 2 is 1.18 bits per heavy atom. The van der Waals surface area contributed by atoms with Crippen molar-refractivity contribution in [2.75, 3.05) is 49.2 Å². The molecule has 0 spiro atoms. The van der Waals surface area contributed by atoms with Crippen LogP contribution in [0, 0.1) is 0 Å². The molecule has 3 aromatic rings. The number of ether oxygens (including phenoxy) is 6. The van der Waals surface area contributed by atoms with Gasteiger partial charge in [-0.15, -0.1) is 0 Å². The number of carbonyl (C=O) groups excluding carboxylic acids is 1. The van der Waals surface area contributed by atoms with Crippen molar-refractivity contribution < 1.29 is 33.2 Å². The zero-order valence-corrected chi connectivity index (χ0v) is 27.4. The van der Waals surface area contributed by atoms with Gasteiger partial charge in [0.1, 0.15) is 0 Å². The van der Waals surface area contributed by atoms with Gasteiger partial charge >= 0.3 is 0 Å². The second-order valence-electron chi connectivity index (χ2n) is 11.7. The quantitative estimate of drug-likeness (QED) is 0.257. The fourth-order valence-corrected chi connectivity index (χ4v) is 6.87. The standard InChI is InChI=1S/C36H46N2O7/c1-40-30-12-10-24(16-32(30)42-3)22-37(23-25-11-13-31(41-2)33(17-25)43-4)28-8-7-9-29(21-28)38-15-14-26-18-34(44-5)35(45-6)19-27(26)20-36(38)39/h10-13,16-19,28-29H,7-9,14-15,20-23H2,1-6H3/t28-,29+/m1/s1. The molecule has 0 N–H and O–H groups in total. The summed E-state index contributed by atoms with van der Waals surface area (Å²) in [5.74, 6) is 4.39. The average Bonchev–Trinajstić information content (AvgIpc) is 3.24. The molecule has 1 heterocycles. The monoisotopic (exact) mass is 618 g/mol. The highest BCUT2D eigenvalue weighted by molar-refractivity contribution is 5.80. The molecule has 242 valence electrons. The molecule has 9 nitrogen and oxygen atoms in total. The molecule has 5 rings (SSSR count). The molecule has 1 aliphatic heterocycles. The zero-order valence-electron chi connectivity index (χ0n) is 27.4. The Labute approximate surface area is 266 Å². The molecule has 9 heteroatoms. The Morgan fingerprint density at radius 3 is 1.71 bits per heavy atom. The highest BCUT2D eigenvalue weighted by Crippen LogP contribution is 2.36. The van der Waals surface area contributed by atoms with Gasteiger partial charge in [-0.05, 0) is 90.8 Å². The summed E-state index contributed by atoms with van der Waals surface area (Å²) in [5, 5.41) is 0. The van der Waals surface area contributed by atoms with E-state index in [0.717, 1.165) is 67.4 Å². The van der Waals surface area contributed by atoms with E-state index in [4.69, 9.17) is 28.4 Å². The third-order valence-corrected chi connectivity index (χ3v) is 9.23. The van der Waals surface area contributed by atoms with Gasteiger partial charge in [-0.25, -0.2) is 0 Å². The van der Waals surface area contributed by atoms with Crippen molar-refractivity contribution in [1.82, 2.24) is 9.80 Å². The van der Waals surface area contributed by atoms with Gasteiger partial charge in [0, 0.05) is 31.7 Å². The Balaban J connectivity index is 1.39. The third kappa shape index (κ3) is 7.25. The van der Waals surface area contributed by atoms with E-state index < -0.39 is 0 Å². The van der Waals surface area contributed by atoms with Gasteiger partial charge in [0.15, 0.2) is 34.5 Å². The lowest BCUT2D eigenvalue weighted by molar-refractivity contribution is -0.133. The summed E-state index contributed by atoms with van der Waals surface area (Å²) in [4.78, 5) is 18.4. The number of fused-ring (bicyclic) bond motifs is 1. The molecule has 3 aromatic carbocycles. The van der Waals surface area contributed by atoms with E-state index in [1.807, 2.05) is 24.3 Å². The number of hydrogen-bond acceptors (Lipinski definition) is 8. The smallest absolute Gasteiger partial charge is 0.227 e. The first-order valence-corrected chi connectivity index (χ1v) is 15.6. The minimum atomic E-state index is 0.174. The van der Waals surface area contributed by atoms with Crippen LogP contribution in [-0.2, 0) is 30.7 Å². The molecule has 0 bridgehead atoms. The second kappa shape index (κ2) is 14.8. The van der Waals surface area contributed by atoms with Crippen LogP contribution in [0.4, 0.5) is 0 Å². The fraction of sp³-hybridized carbons (Fsp3) is 0.472. The maximum absolute atomic E-state index is 13.7. The van der Waals surface area contributed by atoms with Crippen LogP contribution in [0.3, 0.4) is 0 Å². The summed E-state index contributed by atoms with van der Waals surface area (Å²) in [7, 11) is 9.91. The van der Waals surface area contributed by atoms with E-state index in [9.17, 15) is 4.79 Å². The third-order valence-electron chi connectivity index (χ3n) is 9.23.